The third-order valence-corrected chi connectivity index (χ3v) is 1.49. The van der Waals surface area contributed by atoms with Crippen molar-refractivity contribution >= 4 is 0 Å². The minimum Gasteiger partial charge on any atom is -0.494 e. The molecule has 0 N–H and O–H groups in total. The molecule has 2 aliphatic heterocycles. The smallest absolute Gasteiger partial charge is 0.162 e. The lowest BCUT2D eigenvalue weighted by Crippen LogP contribution is -2.08. The Bertz CT molecular complexity index is 170. The second-order valence-electron chi connectivity index (χ2n) is 2.10. The SMILES string of the molecule is [C]1=CC=C2OCCC2O1. The molecule has 1 atom stereocenters. The van der Waals surface area contributed by atoms with Crippen molar-refractivity contribution in [2.75, 3.05) is 6.61 Å². The van der Waals surface area contributed by atoms with Gasteiger partial charge in [0.05, 0.1) is 6.61 Å². The largest absolute Gasteiger partial charge is 0.494 e. The van der Waals surface area contributed by atoms with Gasteiger partial charge in [0.15, 0.2) is 12.4 Å². The summed E-state index contributed by atoms with van der Waals surface area (Å²) in [5.74, 6) is 0.953. The molecule has 0 amide bonds. The molecule has 2 nitrogen and oxygen atoms in total. The van der Waals surface area contributed by atoms with Crippen LogP contribution in [0.2, 0.25) is 0 Å². The van der Waals surface area contributed by atoms with Crippen LogP contribution in [0.4, 0.5) is 0 Å². The van der Waals surface area contributed by atoms with E-state index in [1.165, 1.54) is 0 Å². The Kier molecular flexibility index (Phi) is 0.979. The predicted molar refractivity (Wildman–Crippen MR) is 31.3 cm³/mol. The minimum absolute atomic E-state index is 0.162. The van der Waals surface area contributed by atoms with Gasteiger partial charge in [-0.3, -0.25) is 0 Å². The molecule has 2 aliphatic rings. The molecule has 0 bridgehead atoms. The highest BCUT2D eigenvalue weighted by Gasteiger charge is 2.24. The summed E-state index contributed by atoms with van der Waals surface area (Å²) >= 11 is 0. The molecule has 0 aromatic rings. The maximum Gasteiger partial charge on any atom is 0.162 e. The van der Waals surface area contributed by atoms with Gasteiger partial charge in [0.25, 0.3) is 0 Å². The maximum atomic E-state index is 5.22. The summed E-state index contributed by atoms with van der Waals surface area (Å²) in [7, 11) is 0. The lowest BCUT2D eigenvalue weighted by molar-refractivity contribution is 0.143. The highest BCUT2D eigenvalue weighted by atomic mass is 16.5. The van der Waals surface area contributed by atoms with E-state index in [9.17, 15) is 0 Å². The monoisotopic (exact) mass is 123 g/mol. The summed E-state index contributed by atoms with van der Waals surface area (Å²) < 4.78 is 10.3. The van der Waals surface area contributed by atoms with E-state index in [0.717, 1.165) is 18.8 Å². The average molecular weight is 123 g/mol. The zero-order chi connectivity index (χ0) is 6.10. The van der Waals surface area contributed by atoms with Crippen molar-refractivity contribution < 1.29 is 9.47 Å². The first kappa shape index (κ1) is 4.91. The minimum atomic E-state index is 0.162. The van der Waals surface area contributed by atoms with Crippen molar-refractivity contribution in [1.29, 1.82) is 0 Å². The van der Waals surface area contributed by atoms with Crippen molar-refractivity contribution in [3.63, 3.8) is 0 Å². The number of fused-ring (bicyclic) bond motifs is 1. The summed E-state index contributed by atoms with van der Waals surface area (Å²) in [5.41, 5.74) is 0. The van der Waals surface area contributed by atoms with Gasteiger partial charge in [0, 0.05) is 6.42 Å². The zero-order valence-electron chi connectivity index (χ0n) is 4.96. The van der Waals surface area contributed by atoms with E-state index in [1.54, 1.807) is 6.08 Å². The van der Waals surface area contributed by atoms with Crippen LogP contribution in [0.3, 0.4) is 0 Å². The molecule has 2 rings (SSSR count). The highest BCUT2D eigenvalue weighted by molar-refractivity contribution is 5.14. The molecule has 9 heavy (non-hydrogen) atoms. The maximum absolute atomic E-state index is 5.22. The number of hydrogen-bond donors (Lipinski definition) is 0. The molecule has 47 valence electrons. The van der Waals surface area contributed by atoms with E-state index in [0.29, 0.717) is 0 Å². The molecule has 1 saturated heterocycles. The van der Waals surface area contributed by atoms with Crippen molar-refractivity contribution in [2.45, 2.75) is 12.5 Å². The Morgan fingerprint density at radius 1 is 1.67 bits per heavy atom. The fraction of sp³-hybridized carbons (Fsp3) is 0.429. The standard InChI is InChI=1S/C7H7O2/c1-2-6-7(8-4-1)3-5-9-6/h1-2,7H,3,5H2. The van der Waals surface area contributed by atoms with Gasteiger partial charge in [0.1, 0.15) is 5.76 Å². The molecular formula is C7H7O2. The van der Waals surface area contributed by atoms with Crippen LogP contribution >= 0.6 is 0 Å². The Morgan fingerprint density at radius 2 is 2.67 bits per heavy atom. The topological polar surface area (TPSA) is 18.5 Å². The van der Waals surface area contributed by atoms with Gasteiger partial charge in [-0.1, -0.05) is 0 Å². The van der Waals surface area contributed by atoms with E-state index in [1.807, 2.05) is 6.08 Å². The van der Waals surface area contributed by atoms with Gasteiger partial charge in [-0.15, -0.1) is 0 Å². The third-order valence-electron chi connectivity index (χ3n) is 1.49. The molecule has 0 saturated carbocycles. The molecule has 2 heterocycles. The van der Waals surface area contributed by atoms with E-state index >= 15 is 0 Å². The Labute approximate surface area is 53.8 Å². The van der Waals surface area contributed by atoms with Crippen molar-refractivity contribution in [3.05, 3.63) is 24.2 Å². The molecule has 1 fully saturated rings. The molecule has 2 heteroatoms. The van der Waals surface area contributed by atoms with Gasteiger partial charge in [0.2, 0.25) is 0 Å². The van der Waals surface area contributed by atoms with Crippen molar-refractivity contribution in [2.24, 2.45) is 0 Å². The van der Waals surface area contributed by atoms with Crippen LogP contribution < -0.4 is 0 Å². The molecule has 1 radical (unpaired) electrons. The van der Waals surface area contributed by atoms with Crippen LogP contribution in [0, 0.1) is 6.26 Å². The molecule has 1 unspecified atom stereocenters. The quantitative estimate of drug-likeness (QED) is 0.478. The van der Waals surface area contributed by atoms with Gasteiger partial charge >= 0.3 is 0 Å². The summed E-state index contributed by atoms with van der Waals surface area (Å²) in [4.78, 5) is 0. The molecule has 0 aromatic heterocycles. The van der Waals surface area contributed by atoms with Gasteiger partial charge in [-0.25, -0.2) is 0 Å². The first-order chi connectivity index (χ1) is 4.47. The van der Waals surface area contributed by atoms with Gasteiger partial charge in [-0.2, -0.15) is 0 Å². The van der Waals surface area contributed by atoms with Crippen LogP contribution in [0.1, 0.15) is 6.42 Å². The Morgan fingerprint density at radius 3 is 3.56 bits per heavy atom. The molecule has 0 spiro atoms. The van der Waals surface area contributed by atoms with Crippen LogP contribution in [-0.4, -0.2) is 12.7 Å². The summed E-state index contributed by atoms with van der Waals surface area (Å²) in [5, 5.41) is 0. The second-order valence-corrected chi connectivity index (χ2v) is 2.10. The number of ether oxygens (including phenoxy) is 2. The number of rotatable bonds is 0. The predicted octanol–water partition coefficient (Wildman–Crippen LogP) is 1.01. The van der Waals surface area contributed by atoms with Gasteiger partial charge in [-0.05, 0) is 12.2 Å². The second kappa shape index (κ2) is 1.79. The van der Waals surface area contributed by atoms with Crippen LogP contribution in [-0.2, 0) is 9.47 Å². The van der Waals surface area contributed by atoms with Gasteiger partial charge < -0.3 is 9.47 Å². The molecule has 0 aromatic carbocycles. The molecular weight excluding hydrogens is 116 g/mol. The Hall–Kier alpha value is -0.920. The fourth-order valence-corrected chi connectivity index (χ4v) is 1.03. The summed E-state index contributed by atoms with van der Waals surface area (Å²) in [6.07, 6.45) is 7.44. The molecule has 0 aliphatic carbocycles. The van der Waals surface area contributed by atoms with Crippen LogP contribution in [0.25, 0.3) is 0 Å². The van der Waals surface area contributed by atoms with E-state index < -0.39 is 0 Å². The number of allylic oxidation sites excluding steroid dienone is 2. The zero-order valence-corrected chi connectivity index (χ0v) is 4.96. The lowest BCUT2D eigenvalue weighted by Gasteiger charge is -2.10. The van der Waals surface area contributed by atoms with E-state index in [-0.39, 0.29) is 6.10 Å². The third kappa shape index (κ3) is 0.707. The summed E-state index contributed by atoms with van der Waals surface area (Å²) in [6.45, 7) is 0.784. The van der Waals surface area contributed by atoms with Crippen molar-refractivity contribution in [3.8, 4) is 0 Å². The highest BCUT2D eigenvalue weighted by Crippen LogP contribution is 2.22. The van der Waals surface area contributed by atoms with Crippen LogP contribution in [0.15, 0.2) is 17.9 Å². The van der Waals surface area contributed by atoms with E-state index in [4.69, 9.17) is 9.47 Å². The Balaban J connectivity index is 2.23. The van der Waals surface area contributed by atoms with Crippen molar-refractivity contribution in [1.82, 2.24) is 0 Å². The number of hydrogen-bond acceptors (Lipinski definition) is 2. The lowest BCUT2D eigenvalue weighted by atomic mass is 10.2. The normalized spacial score (nSPS) is 30.2. The fourth-order valence-electron chi connectivity index (χ4n) is 1.03. The summed E-state index contributed by atoms with van der Waals surface area (Å²) in [6, 6.07) is 0. The van der Waals surface area contributed by atoms with Crippen LogP contribution in [0.5, 0.6) is 0 Å². The average Bonchev–Trinajstić information content (AvgIpc) is 2.33. The first-order valence-corrected chi connectivity index (χ1v) is 3.04. The van der Waals surface area contributed by atoms with E-state index in [2.05, 4.69) is 6.26 Å². The first-order valence-electron chi connectivity index (χ1n) is 3.04.